The number of unbranched alkanes of at least 4 members (excludes halogenated alkanes) is 3. The maximum absolute atomic E-state index is 10.4. The van der Waals surface area contributed by atoms with E-state index in [-0.39, 0.29) is 0 Å². The van der Waals surface area contributed by atoms with E-state index in [1.165, 1.54) is 4.90 Å². The van der Waals surface area contributed by atoms with Gasteiger partial charge in [-0.1, -0.05) is 12.8 Å². The van der Waals surface area contributed by atoms with Gasteiger partial charge in [0.25, 0.3) is 0 Å². The van der Waals surface area contributed by atoms with Gasteiger partial charge < -0.3 is 20.5 Å². The number of hydrogen-bond acceptors (Lipinski definition) is 3. The Morgan fingerprint density at radius 3 is 2.38 bits per heavy atom. The number of amides is 1. The first-order valence-electron chi connectivity index (χ1n) is 4.88. The Bertz CT molecular complexity index is 140. The van der Waals surface area contributed by atoms with Crippen LogP contribution in [0.4, 0.5) is 4.79 Å². The Hall–Kier alpha value is -0.770. The zero-order valence-corrected chi connectivity index (χ0v) is 8.29. The van der Waals surface area contributed by atoms with Gasteiger partial charge in [0.15, 0.2) is 0 Å². The number of carboxylic acid groups (broad SMARTS) is 1. The largest absolute Gasteiger partial charge is 0.530 e. The average molecular weight is 187 g/mol. The first-order chi connectivity index (χ1) is 6.22. The van der Waals surface area contributed by atoms with Crippen molar-refractivity contribution < 1.29 is 9.90 Å². The topological polar surface area (TPSA) is 69.4 Å². The maximum Gasteiger partial charge on any atom is 0.136 e. The molecule has 4 nitrogen and oxygen atoms in total. The highest BCUT2D eigenvalue weighted by Crippen LogP contribution is 2.00. The molecule has 1 amide bonds. The van der Waals surface area contributed by atoms with Crippen molar-refractivity contribution in [2.45, 2.75) is 32.6 Å². The summed E-state index contributed by atoms with van der Waals surface area (Å²) in [6.45, 7) is 3.64. The molecule has 0 rings (SSSR count). The molecule has 78 valence electrons. The summed E-state index contributed by atoms with van der Waals surface area (Å²) in [6, 6.07) is 0. The summed E-state index contributed by atoms with van der Waals surface area (Å²) in [5.41, 5.74) is 5.33. The SMILES string of the molecule is CCN(CCCCCCN)C(=O)[O-]. The molecule has 4 heteroatoms. The average Bonchev–Trinajstić information content (AvgIpc) is 2.10. The lowest BCUT2D eigenvalue weighted by Gasteiger charge is -2.22. The lowest BCUT2D eigenvalue weighted by molar-refractivity contribution is -0.265. The predicted molar refractivity (Wildman–Crippen MR) is 50.2 cm³/mol. The molecule has 0 radical (unpaired) electrons. The van der Waals surface area contributed by atoms with E-state index in [2.05, 4.69) is 0 Å². The Kier molecular flexibility index (Phi) is 7.39. The fourth-order valence-corrected chi connectivity index (χ4v) is 1.18. The highest BCUT2D eigenvalue weighted by molar-refractivity contribution is 5.62. The third kappa shape index (κ3) is 6.40. The van der Waals surface area contributed by atoms with Crippen molar-refractivity contribution in [3.05, 3.63) is 0 Å². The van der Waals surface area contributed by atoms with Crippen LogP contribution < -0.4 is 10.8 Å². The summed E-state index contributed by atoms with van der Waals surface area (Å²) in [7, 11) is 0. The van der Waals surface area contributed by atoms with Gasteiger partial charge >= 0.3 is 0 Å². The molecule has 2 N–H and O–H groups in total. The molecular formula is C9H19N2O2-. The monoisotopic (exact) mass is 187 g/mol. The molecule has 0 saturated heterocycles. The maximum atomic E-state index is 10.4. The van der Waals surface area contributed by atoms with Crippen LogP contribution in [0.3, 0.4) is 0 Å². The Morgan fingerprint density at radius 1 is 1.31 bits per heavy atom. The van der Waals surface area contributed by atoms with Gasteiger partial charge in [0.05, 0.1) is 0 Å². The van der Waals surface area contributed by atoms with Crippen molar-refractivity contribution in [3.8, 4) is 0 Å². The van der Waals surface area contributed by atoms with Crippen molar-refractivity contribution >= 4 is 6.09 Å². The first-order valence-corrected chi connectivity index (χ1v) is 4.88. The van der Waals surface area contributed by atoms with Crippen LogP contribution >= 0.6 is 0 Å². The van der Waals surface area contributed by atoms with Crippen LogP contribution in [0.2, 0.25) is 0 Å². The molecule has 0 aromatic carbocycles. The fraction of sp³-hybridized carbons (Fsp3) is 0.889. The highest BCUT2D eigenvalue weighted by Gasteiger charge is 1.99. The van der Waals surface area contributed by atoms with Gasteiger partial charge in [-0.3, -0.25) is 0 Å². The van der Waals surface area contributed by atoms with Crippen LogP contribution in [0.15, 0.2) is 0 Å². The van der Waals surface area contributed by atoms with Crippen molar-refractivity contribution in [2.75, 3.05) is 19.6 Å². The minimum Gasteiger partial charge on any atom is -0.530 e. The molecule has 0 fully saturated rings. The van der Waals surface area contributed by atoms with Gasteiger partial charge in [-0.2, -0.15) is 0 Å². The van der Waals surface area contributed by atoms with Crippen LogP contribution in [0.1, 0.15) is 32.6 Å². The molecule has 0 heterocycles. The third-order valence-electron chi connectivity index (χ3n) is 2.02. The quantitative estimate of drug-likeness (QED) is 0.578. The number of nitrogens with zero attached hydrogens (tertiary/aromatic N) is 1. The molecule has 0 aliphatic heterocycles. The highest BCUT2D eigenvalue weighted by atomic mass is 16.4. The van der Waals surface area contributed by atoms with E-state index in [9.17, 15) is 9.90 Å². The summed E-state index contributed by atoms with van der Waals surface area (Å²) in [5.74, 6) is 0. The first kappa shape index (κ1) is 12.2. The Morgan fingerprint density at radius 2 is 1.92 bits per heavy atom. The minimum atomic E-state index is -1.07. The van der Waals surface area contributed by atoms with E-state index >= 15 is 0 Å². The second kappa shape index (κ2) is 7.86. The number of carbonyl (C=O) groups excluding carboxylic acids is 1. The number of rotatable bonds is 7. The van der Waals surface area contributed by atoms with Gasteiger partial charge in [-0.25, -0.2) is 0 Å². The number of nitrogens with two attached hydrogens (primary N) is 1. The van der Waals surface area contributed by atoms with Crippen molar-refractivity contribution in [1.29, 1.82) is 0 Å². The van der Waals surface area contributed by atoms with Crippen LogP contribution in [0.5, 0.6) is 0 Å². The summed E-state index contributed by atoms with van der Waals surface area (Å²) < 4.78 is 0. The summed E-state index contributed by atoms with van der Waals surface area (Å²) in [6.07, 6.45) is 2.99. The zero-order chi connectivity index (χ0) is 10.1. The molecule has 0 aliphatic carbocycles. The van der Waals surface area contributed by atoms with Gasteiger partial charge in [0.2, 0.25) is 0 Å². The number of hydrogen-bond donors (Lipinski definition) is 1. The molecule has 0 unspecified atom stereocenters. The predicted octanol–water partition coefficient (Wildman–Crippen LogP) is 0.171. The van der Waals surface area contributed by atoms with Gasteiger partial charge in [-0.15, -0.1) is 0 Å². The van der Waals surface area contributed by atoms with E-state index in [1.807, 2.05) is 6.92 Å². The molecule has 0 aromatic heterocycles. The zero-order valence-electron chi connectivity index (χ0n) is 8.29. The molecular weight excluding hydrogens is 168 g/mol. The Balaban J connectivity index is 3.33. The number of carbonyl (C=O) groups is 1. The lowest BCUT2D eigenvalue weighted by atomic mass is 10.2. The lowest BCUT2D eigenvalue weighted by Crippen LogP contribution is -2.41. The van der Waals surface area contributed by atoms with Crippen LogP contribution in [-0.4, -0.2) is 30.6 Å². The van der Waals surface area contributed by atoms with Crippen molar-refractivity contribution in [3.63, 3.8) is 0 Å². The summed E-state index contributed by atoms with van der Waals surface area (Å²) >= 11 is 0. The molecule has 0 aromatic rings. The van der Waals surface area contributed by atoms with Crippen molar-refractivity contribution in [1.82, 2.24) is 4.90 Å². The van der Waals surface area contributed by atoms with E-state index < -0.39 is 6.09 Å². The smallest absolute Gasteiger partial charge is 0.136 e. The van der Waals surface area contributed by atoms with E-state index in [0.717, 1.165) is 32.2 Å². The van der Waals surface area contributed by atoms with Gasteiger partial charge in [0.1, 0.15) is 6.09 Å². The molecule has 0 atom stereocenters. The normalized spacial score (nSPS) is 10.0. The van der Waals surface area contributed by atoms with E-state index in [1.54, 1.807) is 0 Å². The Labute approximate surface area is 79.7 Å². The second-order valence-corrected chi connectivity index (χ2v) is 3.05. The molecule has 0 bridgehead atoms. The molecule has 0 saturated carbocycles. The summed E-state index contributed by atoms with van der Waals surface area (Å²) in [5, 5.41) is 10.4. The van der Waals surface area contributed by atoms with E-state index in [0.29, 0.717) is 13.1 Å². The van der Waals surface area contributed by atoms with Gasteiger partial charge in [-0.05, 0) is 26.3 Å². The van der Waals surface area contributed by atoms with Crippen LogP contribution in [0.25, 0.3) is 0 Å². The van der Waals surface area contributed by atoms with E-state index in [4.69, 9.17) is 5.73 Å². The van der Waals surface area contributed by atoms with Crippen LogP contribution in [0, 0.1) is 0 Å². The molecule has 0 spiro atoms. The van der Waals surface area contributed by atoms with Gasteiger partial charge in [0, 0.05) is 13.1 Å². The van der Waals surface area contributed by atoms with Crippen LogP contribution in [-0.2, 0) is 0 Å². The third-order valence-corrected chi connectivity index (χ3v) is 2.02. The minimum absolute atomic E-state index is 0.513. The summed E-state index contributed by atoms with van der Waals surface area (Å²) in [4.78, 5) is 11.8. The second-order valence-electron chi connectivity index (χ2n) is 3.05. The molecule has 13 heavy (non-hydrogen) atoms. The van der Waals surface area contributed by atoms with Crippen molar-refractivity contribution in [2.24, 2.45) is 5.73 Å². The standard InChI is InChI=1S/C9H20N2O2/c1-2-11(9(12)13)8-6-4-3-5-7-10/h2-8,10H2,1H3,(H,12,13)/p-1. The fourth-order valence-electron chi connectivity index (χ4n) is 1.18. The molecule has 0 aliphatic rings.